The van der Waals surface area contributed by atoms with E-state index >= 15 is 0 Å². The Balaban J connectivity index is 2.00. The number of hydrogen-bond acceptors (Lipinski definition) is 3. The number of carbonyl (C=O) groups is 2. The summed E-state index contributed by atoms with van der Waals surface area (Å²) in [6.07, 6.45) is 0.593. The van der Waals surface area contributed by atoms with Gasteiger partial charge in [-0.15, -0.1) is 0 Å². The molecule has 0 aliphatic carbocycles. The van der Waals surface area contributed by atoms with E-state index in [1.54, 1.807) is 0 Å². The van der Waals surface area contributed by atoms with E-state index < -0.39 is 5.97 Å². The van der Waals surface area contributed by atoms with Crippen LogP contribution in [0.4, 0.5) is 0 Å². The number of rotatable bonds is 4. The first-order chi connectivity index (χ1) is 8.66. The van der Waals surface area contributed by atoms with E-state index in [0.29, 0.717) is 19.5 Å². The van der Waals surface area contributed by atoms with Gasteiger partial charge in [0, 0.05) is 13.1 Å². The first kappa shape index (κ1) is 12.6. The number of nitrogens with one attached hydrogen (secondary N) is 1. The Morgan fingerprint density at radius 1 is 1.39 bits per heavy atom. The highest BCUT2D eigenvalue weighted by atomic mass is 16.4. The molecule has 1 saturated heterocycles. The van der Waals surface area contributed by atoms with Gasteiger partial charge in [-0.3, -0.25) is 9.59 Å². The summed E-state index contributed by atoms with van der Waals surface area (Å²) in [5.41, 5.74) is 1.07. The first-order valence-electron chi connectivity index (χ1n) is 5.94. The van der Waals surface area contributed by atoms with Crippen LogP contribution in [0.1, 0.15) is 5.56 Å². The van der Waals surface area contributed by atoms with E-state index in [4.69, 9.17) is 5.11 Å². The van der Waals surface area contributed by atoms with Gasteiger partial charge < -0.3 is 15.3 Å². The number of hydrogen-bond donors (Lipinski definition) is 2. The molecule has 1 fully saturated rings. The standard InChI is InChI=1S/C13H16N2O3/c16-12(17)9-15-7-6-14-11(13(15)18)8-10-4-2-1-3-5-10/h1-5,11,14H,6-9H2,(H,16,17)/t11-/m0/s1. The van der Waals surface area contributed by atoms with E-state index in [9.17, 15) is 9.59 Å². The van der Waals surface area contributed by atoms with Gasteiger partial charge in [-0.1, -0.05) is 30.3 Å². The topological polar surface area (TPSA) is 69.6 Å². The Hall–Kier alpha value is -1.88. The molecule has 0 spiro atoms. The van der Waals surface area contributed by atoms with Crippen LogP contribution >= 0.6 is 0 Å². The predicted octanol–water partition coefficient (Wildman–Crippen LogP) is 0.114. The van der Waals surface area contributed by atoms with Gasteiger partial charge in [0.05, 0.1) is 6.04 Å². The molecule has 1 amide bonds. The maximum absolute atomic E-state index is 12.1. The summed E-state index contributed by atoms with van der Waals surface area (Å²) in [4.78, 5) is 24.1. The second kappa shape index (κ2) is 5.64. The summed E-state index contributed by atoms with van der Waals surface area (Å²) in [7, 11) is 0. The molecule has 1 aromatic rings. The molecule has 2 N–H and O–H groups in total. The van der Waals surface area contributed by atoms with Crippen molar-refractivity contribution >= 4 is 11.9 Å². The van der Waals surface area contributed by atoms with Crippen LogP contribution in [0, 0.1) is 0 Å². The van der Waals surface area contributed by atoms with Crippen molar-refractivity contribution in [2.75, 3.05) is 19.6 Å². The van der Waals surface area contributed by atoms with E-state index in [1.807, 2.05) is 30.3 Å². The van der Waals surface area contributed by atoms with Crippen LogP contribution in [0.15, 0.2) is 30.3 Å². The number of amides is 1. The lowest BCUT2D eigenvalue weighted by Gasteiger charge is -2.32. The molecule has 5 heteroatoms. The zero-order valence-electron chi connectivity index (χ0n) is 10.0. The van der Waals surface area contributed by atoms with E-state index in [2.05, 4.69) is 5.32 Å². The molecule has 0 bridgehead atoms. The van der Waals surface area contributed by atoms with Crippen molar-refractivity contribution in [3.63, 3.8) is 0 Å². The van der Waals surface area contributed by atoms with Gasteiger partial charge in [0.1, 0.15) is 6.54 Å². The van der Waals surface area contributed by atoms with Crippen LogP contribution in [0.25, 0.3) is 0 Å². The molecule has 2 rings (SSSR count). The maximum Gasteiger partial charge on any atom is 0.323 e. The van der Waals surface area contributed by atoms with Gasteiger partial charge in [-0.2, -0.15) is 0 Å². The van der Waals surface area contributed by atoms with Gasteiger partial charge in [0.2, 0.25) is 5.91 Å². The van der Waals surface area contributed by atoms with Crippen molar-refractivity contribution in [3.05, 3.63) is 35.9 Å². The third-order valence-electron chi connectivity index (χ3n) is 2.99. The molecule has 1 heterocycles. The van der Waals surface area contributed by atoms with Gasteiger partial charge in [0.25, 0.3) is 0 Å². The Morgan fingerprint density at radius 2 is 2.11 bits per heavy atom. The second-order valence-corrected chi connectivity index (χ2v) is 4.35. The minimum absolute atomic E-state index is 0.132. The predicted molar refractivity (Wildman–Crippen MR) is 66.2 cm³/mol. The molecular formula is C13H16N2O3. The third kappa shape index (κ3) is 3.07. The van der Waals surface area contributed by atoms with E-state index in [0.717, 1.165) is 5.56 Å². The van der Waals surface area contributed by atoms with Crippen molar-refractivity contribution in [1.29, 1.82) is 0 Å². The molecule has 1 aliphatic heterocycles. The minimum Gasteiger partial charge on any atom is -0.480 e. The number of carbonyl (C=O) groups excluding carboxylic acids is 1. The molecule has 96 valence electrons. The Labute approximate surface area is 105 Å². The second-order valence-electron chi connectivity index (χ2n) is 4.35. The highest BCUT2D eigenvalue weighted by Crippen LogP contribution is 2.08. The summed E-state index contributed by atoms with van der Waals surface area (Å²) in [5, 5.41) is 11.9. The lowest BCUT2D eigenvalue weighted by Crippen LogP contribution is -2.56. The normalized spacial score (nSPS) is 19.9. The van der Waals surface area contributed by atoms with Crippen LogP contribution in [0.3, 0.4) is 0 Å². The number of carboxylic acid groups (broad SMARTS) is 1. The molecule has 0 saturated carbocycles. The van der Waals surface area contributed by atoms with E-state index in [1.165, 1.54) is 4.90 Å². The average molecular weight is 248 g/mol. The lowest BCUT2D eigenvalue weighted by molar-refractivity contribution is -0.146. The summed E-state index contributed by atoms with van der Waals surface area (Å²) in [6, 6.07) is 9.39. The Morgan fingerprint density at radius 3 is 2.78 bits per heavy atom. The Bertz CT molecular complexity index is 433. The molecular weight excluding hydrogens is 232 g/mol. The smallest absolute Gasteiger partial charge is 0.323 e. The number of nitrogens with zero attached hydrogens (tertiary/aromatic N) is 1. The van der Waals surface area contributed by atoms with Gasteiger partial charge in [0.15, 0.2) is 0 Å². The van der Waals surface area contributed by atoms with Crippen LogP contribution in [0.5, 0.6) is 0 Å². The van der Waals surface area contributed by atoms with Gasteiger partial charge in [-0.05, 0) is 12.0 Å². The van der Waals surface area contributed by atoms with Crippen molar-refractivity contribution < 1.29 is 14.7 Å². The summed E-state index contributed by atoms with van der Waals surface area (Å²) in [6.45, 7) is 0.874. The summed E-state index contributed by atoms with van der Waals surface area (Å²) < 4.78 is 0. The van der Waals surface area contributed by atoms with Crippen molar-refractivity contribution in [1.82, 2.24) is 10.2 Å². The van der Waals surface area contributed by atoms with Gasteiger partial charge in [-0.25, -0.2) is 0 Å². The molecule has 1 aromatic carbocycles. The number of aliphatic carboxylic acids is 1. The van der Waals surface area contributed by atoms with Crippen LogP contribution in [0.2, 0.25) is 0 Å². The van der Waals surface area contributed by atoms with Crippen molar-refractivity contribution in [2.45, 2.75) is 12.5 Å². The molecule has 0 aromatic heterocycles. The van der Waals surface area contributed by atoms with E-state index in [-0.39, 0.29) is 18.5 Å². The molecule has 0 unspecified atom stereocenters. The van der Waals surface area contributed by atoms with Crippen molar-refractivity contribution in [3.8, 4) is 0 Å². The van der Waals surface area contributed by atoms with Crippen LogP contribution < -0.4 is 5.32 Å². The monoisotopic (exact) mass is 248 g/mol. The lowest BCUT2D eigenvalue weighted by atomic mass is 10.0. The highest BCUT2D eigenvalue weighted by Gasteiger charge is 2.29. The minimum atomic E-state index is -0.969. The zero-order valence-corrected chi connectivity index (χ0v) is 10.0. The fourth-order valence-corrected chi connectivity index (χ4v) is 2.12. The fraction of sp³-hybridized carbons (Fsp3) is 0.385. The number of piperazine rings is 1. The van der Waals surface area contributed by atoms with Crippen LogP contribution in [-0.4, -0.2) is 47.6 Å². The summed E-state index contributed by atoms with van der Waals surface area (Å²) in [5.74, 6) is -1.10. The Kier molecular flexibility index (Phi) is 3.94. The first-order valence-corrected chi connectivity index (χ1v) is 5.94. The molecule has 0 radical (unpaired) electrons. The molecule has 5 nitrogen and oxygen atoms in total. The van der Waals surface area contributed by atoms with Crippen molar-refractivity contribution in [2.24, 2.45) is 0 Å². The quantitative estimate of drug-likeness (QED) is 0.793. The van der Waals surface area contributed by atoms with Gasteiger partial charge >= 0.3 is 5.97 Å². The average Bonchev–Trinajstić information content (AvgIpc) is 2.35. The molecule has 18 heavy (non-hydrogen) atoms. The third-order valence-corrected chi connectivity index (χ3v) is 2.99. The zero-order chi connectivity index (χ0) is 13.0. The number of benzene rings is 1. The summed E-state index contributed by atoms with van der Waals surface area (Å²) >= 11 is 0. The molecule has 1 atom stereocenters. The highest BCUT2D eigenvalue weighted by molar-refractivity contribution is 5.86. The molecule has 1 aliphatic rings. The SMILES string of the molecule is O=C(O)CN1CCN[C@@H](Cc2ccccc2)C1=O. The maximum atomic E-state index is 12.1. The van der Waals surface area contributed by atoms with Crippen LogP contribution in [-0.2, 0) is 16.0 Å². The number of carboxylic acids is 1. The fourth-order valence-electron chi connectivity index (χ4n) is 2.12. The largest absolute Gasteiger partial charge is 0.480 e.